The summed E-state index contributed by atoms with van der Waals surface area (Å²) in [4.78, 5) is 0. The molecule has 0 saturated heterocycles. The average Bonchev–Trinajstić information content (AvgIpc) is 2.26. The van der Waals surface area contributed by atoms with Crippen LogP contribution >= 0.6 is 0 Å². The topological polar surface area (TPSA) is 31.5 Å². The van der Waals surface area contributed by atoms with Gasteiger partial charge in [-0.3, -0.25) is 0 Å². The second-order valence-corrected chi connectivity index (χ2v) is 3.28. The van der Waals surface area contributed by atoms with Crippen LogP contribution in [0.2, 0.25) is 0 Å². The highest BCUT2D eigenvalue weighted by molar-refractivity contribution is 5.59. The van der Waals surface area contributed by atoms with Crippen molar-refractivity contribution in [2.24, 2.45) is 0 Å². The number of hydrogen-bond acceptors (Lipinski definition) is 1. The van der Waals surface area contributed by atoms with Crippen LogP contribution in [-0.4, -0.2) is 5.11 Å². The molecule has 0 atom stereocenters. The van der Waals surface area contributed by atoms with Gasteiger partial charge in [0.25, 0.3) is 0 Å². The summed E-state index contributed by atoms with van der Waals surface area (Å²) in [7, 11) is 0. The lowest BCUT2D eigenvalue weighted by molar-refractivity contribution is 0.466. The summed E-state index contributed by atoms with van der Waals surface area (Å²) in [6.07, 6.45) is 7.10. The molecule has 1 heterocycles. The SMILES string of the molecule is CCCCC/C(=C/O)c1cccc[o+]1. The Bertz CT molecular complexity index is 278. The van der Waals surface area contributed by atoms with Gasteiger partial charge in [0, 0.05) is 12.1 Å². The van der Waals surface area contributed by atoms with E-state index in [9.17, 15) is 0 Å². The monoisotopic (exact) mass is 193 g/mol. The molecule has 0 aromatic carbocycles. The van der Waals surface area contributed by atoms with E-state index in [0.29, 0.717) is 0 Å². The molecule has 1 aromatic heterocycles. The van der Waals surface area contributed by atoms with Crippen molar-refractivity contribution in [1.29, 1.82) is 0 Å². The summed E-state index contributed by atoms with van der Waals surface area (Å²) < 4.78 is 5.28. The molecule has 0 aliphatic rings. The van der Waals surface area contributed by atoms with Gasteiger partial charge in [-0.15, -0.1) is 0 Å². The number of hydrogen-bond donors (Lipinski definition) is 1. The van der Waals surface area contributed by atoms with E-state index < -0.39 is 0 Å². The molecule has 0 radical (unpaired) electrons. The first-order valence-corrected chi connectivity index (χ1v) is 5.09. The number of rotatable bonds is 5. The standard InChI is InChI=1S/C12H16O2/c1-2-3-4-7-11(10-13)12-8-5-6-9-14-12/h5-6,8-10H,2-4,7H2,1H3/p+1/b11-10-. The van der Waals surface area contributed by atoms with Crippen molar-refractivity contribution in [2.75, 3.05) is 0 Å². The molecule has 1 aromatic rings. The van der Waals surface area contributed by atoms with Crippen LogP contribution < -0.4 is 0 Å². The van der Waals surface area contributed by atoms with Gasteiger partial charge in [0.1, 0.15) is 0 Å². The van der Waals surface area contributed by atoms with Crippen LogP contribution in [-0.2, 0) is 0 Å². The van der Waals surface area contributed by atoms with Gasteiger partial charge in [0.05, 0.1) is 11.8 Å². The minimum atomic E-state index is 0.756. The summed E-state index contributed by atoms with van der Waals surface area (Å²) in [5.41, 5.74) is 0.874. The Balaban J connectivity index is 2.56. The zero-order valence-electron chi connectivity index (χ0n) is 8.57. The van der Waals surface area contributed by atoms with E-state index in [2.05, 4.69) is 6.92 Å². The van der Waals surface area contributed by atoms with Gasteiger partial charge in [-0.1, -0.05) is 19.8 Å². The second-order valence-electron chi connectivity index (χ2n) is 3.28. The van der Waals surface area contributed by atoms with E-state index >= 15 is 0 Å². The van der Waals surface area contributed by atoms with Crippen molar-refractivity contribution < 1.29 is 9.52 Å². The molecule has 14 heavy (non-hydrogen) atoms. The fraction of sp³-hybridized carbons (Fsp3) is 0.417. The minimum absolute atomic E-state index is 0.756. The summed E-state index contributed by atoms with van der Waals surface area (Å²) in [5, 5.41) is 9.06. The fourth-order valence-corrected chi connectivity index (χ4v) is 1.34. The smallest absolute Gasteiger partial charge is 0.358 e. The van der Waals surface area contributed by atoms with Crippen LogP contribution in [0.1, 0.15) is 38.4 Å². The Morgan fingerprint density at radius 1 is 1.43 bits per heavy atom. The van der Waals surface area contributed by atoms with Crippen LogP contribution in [0.15, 0.2) is 35.1 Å². The van der Waals surface area contributed by atoms with Crippen molar-refractivity contribution in [3.05, 3.63) is 36.5 Å². The first-order valence-electron chi connectivity index (χ1n) is 5.09. The third kappa shape index (κ3) is 3.21. The second kappa shape index (κ2) is 6.19. The normalized spacial score (nSPS) is 11.6. The lowest BCUT2D eigenvalue weighted by atomic mass is 10.1. The van der Waals surface area contributed by atoms with Crippen LogP contribution in [0.25, 0.3) is 5.57 Å². The fourth-order valence-electron chi connectivity index (χ4n) is 1.34. The van der Waals surface area contributed by atoms with Gasteiger partial charge >= 0.3 is 12.0 Å². The Kier molecular flexibility index (Phi) is 4.76. The van der Waals surface area contributed by atoms with Gasteiger partial charge < -0.3 is 5.11 Å². The number of aliphatic hydroxyl groups excluding tert-OH is 1. The molecule has 0 fully saturated rings. The van der Waals surface area contributed by atoms with Gasteiger partial charge in [-0.05, 0) is 18.9 Å². The van der Waals surface area contributed by atoms with Crippen molar-refractivity contribution in [3.63, 3.8) is 0 Å². The van der Waals surface area contributed by atoms with E-state index in [1.807, 2.05) is 18.2 Å². The van der Waals surface area contributed by atoms with Crippen LogP contribution in [0, 0.1) is 0 Å². The molecule has 0 unspecified atom stereocenters. The zero-order chi connectivity index (χ0) is 10.2. The van der Waals surface area contributed by atoms with Gasteiger partial charge in [-0.25, -0.2) is 4.42 Å². The molecule has 0 bridgehead atoms. The predicted octanol–water partition coefficient (Wildman–Crippen LogP) is 4.04. The molecule has 0 saturated carbocycles. The molecule has 1 N–H and O–H groups in total. The van der Waals surface area contributed by atoms with Gasteiger partial charge in [0.15, 0.2) is 0 Å². The zero-order valence-corrected chi connectivity index (χ0v) is 8.57. The van der Waals surface area contributed by atoms with Gasteiger partial charge in [-0.2, -0.15) is 0 Å². The average molecular weight is 193 g/mol. The Labute approximate surface area is 84.9 Å². The molecular formula is C12H17O2+. The molecule has 0 spiro atoms. The summed E-state index contributed by atoms with van der Waals surface area (Å²) in [5.74, 6) is 0.756. The summed E-state index contributed by atoms with van der Waals surface area (Å²) in [6.45, 7) is 2.16. The maximum Gasteiger partial charge on any atom is 0.358 e. The highest BCUT2D eigenvalue weighted by Crippen LogP contribution is 2.19. The molecule has 0 amide bonds. The predicted molar refractivity (Wildman–Crippen MR) is 57.9 cm³/mol. The molecule has 0 aliphatic heterocycles. The highest BCUT2D eigenvalue weighted by Gasteiger charge is 2.12. The number of allylic oxidation sites excluding steroid dienone is 1. The third-order valence-corrected chi connectivity index (χ3v) is 2.15. The molecular weight excluding hydrogens is 176 g/mol. The van der Waals surface area contributed by atoms with Crippen LogP contribution in [0.3, 0.4) is 0 Å². The number of unbranched alkanes of at least 4 members (excludes halogenated alkanes) is 2. The Morgan fingerprint density at radius 2 is 2.29 bits per heavy atom. The van der Waals surface area contributed by atoms with Gasteiger partial charge in [0.2, 0.25) is 0 Å². The van der Waals surface area contributed by atoms with Crippen molar-refractivity contribution in [2.45, 2.75) is 32.6 Å². The van der Waals surface area contributed by atoms with Crippen LogP contribution in [0.5, 0.6) is 0 Å². The van der Waals surface area contributed by atoms with Crippen LogP contribution in [0.4, 0.5) is 0 Å². The molecule has 2 nitrogen and oxygen atoms in total. The largest absolute Gasteiger partial charge is 0.515 e. The maximum absolute atomic E-state index is 9.06. The summed E-state index contributed by atoms with van der Waals surface area (Å²) in [6, 6.07) is 5.60. The first-order chi connectivity index (χ1) is 6.88. The maximum atomic E-state index is 9.06. The molecule has 1 rings (SSSR count). The van der Waals surface area contributed by atoms with E-state index in [1.165, 1.54) is 12.8 Å². The lowest BCUT2D eigenvalue weighted by Crippen LogP contribution is -1.85. The van der Waals surface area contributed by atoms with Crippen molar-refractivity contribution in [3.8, 4) is 0 Å². The highest BCUT2D eigenvalue weighted by atomic mass is 16.3. The summed E-state index contributed by atoms with van der Waals surface area (Å²) >= 11 is 0. The minimum Gasteiger partial charge on any atom is -0.515 e. The van der Waals surface area contributed by atoms with E-state index in [-0.39, 0.29) is 0 Å². The quantitative estimate of drug-likeness (QED) is 0.434. The third-order valence-electron chi connectivity index (χ3n) is 2.15. The lowest BCUT2D eigenvalue weighted by Gasteiger charge is -1.97. The Morgan fingerprint density at radius 3 is 2.86 bits per heavy atom. The molecule has 0 aliphatic carbocycles. The van der Waals surface area contributed by atoms with Crippen molar-refractivity contribution in [1.82, 2.24) is 0 Å². The molecule has 2 heteroatoms. The Hall–Kier alpha value is -1.31. The number of aliphatic hydroxyl groups is 1. The van der Waals surface area contributed by atoms with E-state index in [4.69, 9.17) is 9.52 Å². The van der Waals surface area contributed by atoms with E-state index in [0.717, 1.165) is 30.4 Å². The first kappa shape index (κ1) is 10.8. The molecule has 76 valence electrons. The van der Waals surface area contributed by atoms with Crippen molar-refractivity contribution >= 4 is 5.57 Å². The van der Waals surface area contributed by atoms with E-state index in [1.54, 1.807) is 6.26 Å².